The molecule has 0 saturated carbocycles. The maximum atomic E-state index is 9.76. The van der Waals surface area contributed by atoms with Gasteiger partial charge in [-0.15, -0.1) is 0 Å². The molecular formula is C70H55NO. The first-order valence-electron chi connectivity index (χ1n) is 24.5. The standard InChI is InChI=1S/C60H39N.C8H10O.C2H6/c1-38(40-32-33-47-46-23-13-16-30-55(46)60(56(47)37-40)53-28-14-11-21-44(53)45-22-12-15-29-54(45)60)31-36-57(61)59-50-26-9-7-24-48(50)58(49-25-8-10-27-51(49)59)52-35-34-41(39-17-3-2-4-18-39)42-19-5-6-20-43(42)52;1-5-7(3)9-8(4)6-2;1-2/h2-37,61H,1H2;5-6H,1-4H2;1-2H3/b36-31-,61-57?;;. The lowest BCUT2D eigenvalue weighted by atomic mass is 9.70. The maximum Gasteiger partial charge on any atom is 0.119 e. The van der Waals surface area contributed by atoms with E-state index in [1.807, 2.05) is 26.0 Å². The van der Waals surface area contributed by atoms with E-state index in [1.165, 1.54) is 89.7 Å². The second-order valence-electron chi connectivity index (χ2n) is 17.8. The van der Waals surface area contributed by atoms with Crippen LogP contribution in [0.2, 0.25) is 0 Å². The normalized spacial score (nSPS) is 12.1. The maximum absolute atomic E-state index is 9.76. The van der Waals surface area contributed by atoms with Crippen molar-refractivity contribution in [3.8, 4) is 44.5 Å². The van der Waals surface area contributed by atoms with Crippen LogP contribution < -0.4 is 0 Å². The van der Waals surface area contributed by atoms with Crippen LogP contribution in [0.15, 0.2) is 275 Å². The van der Waals surface area contributed by atoms with E-state index in [9.17, 15) is 5.41 Å². The molecule has 2 nitrogen and oxygen atoms in total. The van der Waals surface area contributed by atoms with Gasteiger partial charge >= 0.3 is 0 Å². The fraction of sp³-hybridized carbons (Fsp3) is 0.0429. The van der Waals surface area contributed by atoms with E-state index in [4.69, 9.17) is 4.74 Å². The number of rotatable bonds is 10. The number of fused-ring (bicyclic) bond motifs is 13. The number of nitrogens with one attached hydrogen (secondary N) is 1. The second-order valence-corrected chi connectivity index (χ2v) is 17.8. The predicted octanol–water partition coefficient (Wildman–Crippen LogP) is 18.9. The second kappa shape index (κ2) is 19.7. The molecule has 0 saturated heterocycles. The van der Waals surface area contributed by atoms with Crippen LogP contribution in [0.1, 0.15) is 47.2 Å². The molecule has 0 aromatic heterocycles. The van der Waals surface area contributed by atoms with E-state index in [1.54, 1.807) is 0 Å². The smallest absolute Gasteiger partial charge is 0.119 e. The fourth-order valence-corrected chi connectivity index (χ4v) is 11.0. The summed E-state index contributed by atoms with van der Waals surface area (Å²) in [4.78, 5) is 0. The van der Waals surface area contributed by atoms with Crippen LogP contribution in [0.4, 0.5) is 0 Å². The summed E-state index contributed by atoms with van der Waals surface area (Å²) >= 11 is 0. The third-order valence-electron chi connectivity index (χ3n) is 14.0. The first kappa shape index (κ1) is 46.6. The summed E-state index contributed by atoms with van der Waals surface area (Å²) in [5, 5.41) is 16.6. The topological polar surface area (TPSA) is 33.1 Å². The quantitative estimate of drug-likeness (QED) is 0.0630. The molecule has 0 radical (unpaired) electrons. The molecule has 346 valence electrons. The van der Waals surface area contributed by atoms with Gasteiger partial charge in [0.2, 0.25) is 0 Å². The molecule has 0 amide bonds. The Labute approximate surface area is 423 Å². The Morgan fingerprint density at radius 2 is 0.819 bits per heavy atom. The lowest BCUT2D eigenvalue weighted by Gasteiger charge is -2.30. The van der Waals surface area contributed by atoms with Gasteiger partial charge in [0.15, 0.2) is 0 Å². The average molecular weight is 926 g/mol. The summed E-state index contributed by atoms with van der Waals surface area (Å²) in [7, 11) is 0. The lowest BCUT2D eigenvalue weighted by Crippen LogP contribution is -2.25. The van der Waals surface area contributed by atoms with Crippen LogP contribution in [0.5, 0.6) is 0 Å². The molecule has 0 bridgehead atoms. The zero-order valence-electron chi connectivity index (χ0n) is 40.9. The van der Waals surface area contributed by atoms with E-state index < -0.39 is 5.41 Å². The van der Waals surface area contributed by atoms with Crippen molar-refractivity contribution in [1.29, 1.82) is 5.41 Å². The van der Waals surface area contributed by atoms with E-state index in [0.29, 0.717) is 17.2 Å². The summed E-state index contributed by atoms with van der Waals surface area (Å²) in [6.45, 7) is 22.5. The fourth-order valence-electron chi connectivity index (χ4n) is 11.0. The summed E-state index contributed by atoms with van der Waals surface area (Å²) < 4.78 is 4.92. The van der Waals surface area contributed by atoms with Gasteiger partial charge in [0.1, 0.15) is 11.5 Å². The van der Waals surface area contributed by atoms with Crippen LogP contribution in [-0.2, 0) is 10.2 Å². The zero-order chi connectivity index (χ0) is 49.9. The first-order chi connectivity index (χ1) is 35.3. The van der Waals surface area contributed by atoms with Crippen molar-refractivity contribution in [3.63, 3.8) is 0 Å². The highest BCUT2D eigenvalue weighted by atomic mass is 16.5. The number of hydrogen-bond donors (Lipinski definition) is 1. The van der Waals surface area contributed by atoms with Gasteiger partial charge in [0.25, 0.3) is 0 Å². The first-order valence-corrected chi connectivity index (χ1v) is 24.5. The van der Waals surface area contributed by atoms with Crippen LogP contribution in [0, 0.1) is 5.41 Å². The molecule has 12 rings (SSSR count). The Balaban J connectivity index is 0.000000492. The average Bonchev–Trinajstić information content (AvgIpc) is 3.91. The SMILES string of the molecule is C=C(/C=C\C(=N)c1c2ccccc2c(-c2ccc(-c3ccccc3)c3ccccc23)c2ccccc12)c1ccc2c(c1)C1(c3ccccc3-c3ccccc31)c1ccccc1-2.C=CC(=C)OC(=C)C=C.CC. The molecule has 1 N–H and O–H groups in total. The predicted molar refractivity (Wildman–Crippen MR) is 309 cm³/mol. The number of allylic oxidation sites excluding steroid dienone is 5. The van der Waals surface area contributed by atoms with Gasteiger partial charge in [-0.05, 0) is 135 Å². The minimum Gasteiger partial charge on any atom is -0.459 e. The molecule has 0 unspecified atom stereocenters. The monoisotopic (exact) mass is 925 g/mol. The Hall–Kier alpha value is -9.11. The number of hydrogen-bond acceptors (Lipinski definition) is 2. The van der Waals surface area contributed by atoms with Gasteiger partial charge in [0, 0.05) is 5.56 Å². The van der Waals surface area contributed by atoms with Crippen LogP contribution in [0.25, 0.3) is 82.4 Å². The zero-order valence-corrected chi connectivity index (χ0v) is 40.9. The van der Waals surface area contributed by atoms with Crippen molar-refractivity contribution in [2.24, 2.45) is 0 Å². The van der Waals surface area contributed by atoms with E-state index in [-0.39, 0.29) is 0 Å². The molecule has 0 heterocycles. The van der Waals surface area contributed by atoms with Gasteiger partial charge in [-0.1, -0.05) is 253 Å². The summed E-state index contributed by atoms with van der Waals surface area (Å²) in [5.74, 6) is 0.972. The summed E-state index contributed by atoms with van der Waals surface area (Å²) in [5.41, 5.74) is 18.1. The highest BCUT2D eigenvalue weighted by molar-refractivity contribution is 6.29. The minimum atomic E-state index is -0.418. The van der Waals surface area contributed by atoms with Crippen molar-refractivity contribution in [2.75, 3.05) is 0 Å². The Morgan fingerprint density at radius 3 is 1.33 bits per heavy atom. The van der Waals surface area contributed by atoms with Gasteiger partial charge < -0.3 is 10.1 Å². The number of benzene rings is 10. The molecule has 1 spiro atoms. The van der Waals surface area contributed by atoms with Gasteiger partial charge in [0.05, 0.1) is 11.1 Å². The molecule has 2 aliphatic carbocycles. The van der Waals surface area contributed by atoms with Gasteiger partial charge in [-0.2, -0.15) is 0 Å². The van der Waals surface area contributed by atoms with Crippen molar-refractivity contribution in [1.82, 2.24) is 0 Å². The van der Waals surface area contributed by atoms with Crippen molar-refractivity contribution in [3.05, 3.63) is 308 Å². The van der Waals surface area contributed by atoms with Crippen molar-refractivity contribution in [2.45, 2.75) is 19.3 Å². The van der Waals surface area contributed by atoms with Crippen LogP contribution in [-0.4, -0.2) is 5.71 Å². The molecule has 2 heteroatoms. The third-order valence-corrected chi connectivity index (χ3v) is 14.0. The lowest BCUT2D eigenvalue weighted by molar-refractivity contribution is 0.340. The van der Waals surface area contributed by atoms with E-state index in [0.717, 1.165) is 38.2 Å². The largest absolute Gasteiger partial charge is 0.459 e. The molecule has 0 aliphatic heterocycles. The Kier molecular flexibility index (Phi) is 12.8. The highest BCUT2D eigenvalue weighted by Crippen LogP contribution is 2.63. The van der Waals surface area contributed by atoms with Gasteiger partial charge in [-0.3, -0.25) is 0 Å². The van der Waals surface area contributed by atoms with E-state index in [2.05, 4.69) is 239 Å². The van der Waals surface area contributed by atoms with Gasteiger partial charge in [-0.25, -0.2) is 0 Å². The summed E-state index contributed by atoms with van der Waals surface area (Å²) in [6.07, 6.45) is 6.99. The van der Waals surface area contributed by atoms with Crippen LogP contribution in [0.3, 0.4) is 0 Å². The molecule has 0 fully saturated rings. The minimum absolute atomic E-state index is 0.418. The molecule has 0 atom stereocenters. The van der Waals surface area contributed by atoms with Crippen LogP contribution >= 0.6 is 0 Å². The Morgan fingerprint density at radius 1 is 0.417 bits per heavy atom. The molecule has 10 aromatic carbocycles. The molecule has 72 heavy (non-hydrogen) atoms. The number of ether oxygens (including phenoxy) is 1. The Bertz CT molecular complexity index is 3720. The van der Waals surface area contributed by atoms with Crippen molar-refractivity contribution < 1.29 is 4.74 Å². The third kappa shape index (κ3) is 7.75. The molecule has 10 aromatic rings. The highest BCUT2D eigenvalue weighted by Gasteiger charge is 2.51. The van der Waals surface area contributed by atoms with E-state index >= 15 is 0 Å². The molecular weight excluding hydrogens is 871 g/mol. The summed E-state index contributed by atoms with van der Waals surface area (Å²) in [6, 6.07) is 74.7. The molecule has 2 aliphatic rings. The van der Waals surface area contributed by atoms with Crippen molar-refractivity contribution >= 4 is 43.6 Å².